The summed E-state index contributed by atoms with van der Waals surface area (Å²) in [7, 11) is 1.73. The molecule has 0 aliphatic carbocycles. The Bertz CT molecular complexity index is 725. The van der Waals surface area contributed by atoms with Crippen LogP contribution in [0.15, 0.2) is 0 Å². The van der Waals surface area contributed by atoms with Crippen molar-refractivity contribution in [3.05, 3.63) is 0 Å². The maximum atomic E-state index is 13.3. The van der Waals surface area contributed by atoms with Gasteiger partial charge in [0.1, 0.15) is 0 Å². The van der Waals surface area contributed by atoms with E-state index in [1.165, 1.54) is 167 Å². The van der Waals surface area contributed by atoms with Crippen LogP contribution in [0.2, 0.25) is 0 Å². The van der Waals surface area contributed by atoms with Crippen molar-refractivity contribution in [2.24, 2.45) is 0 Å². The number of hydrogen-bond acceptors (Lipinski definition) is 5. The van der Waals surface area contributed by atoms with Gasteiger partial charge in [0.2, 0.25) is 5.91 Å². The molecule has 0 aromatic carbocycles. The molecule has 0 fully saturated rings. The van der Waals surface area contributed by atoms with Crippen LogP contribution in [0.1, 0.15) is 241 Å². The summed E-state index contributed by atoms with van der Waals surface area (Å²) in [5, 5.41) is 3.24. The van der Waals surface area contributed by atoms with Crippen molar-refractivity contribution >= 4 is 5.91 Å². The quantitative estimate of drug-likeness (QED) is 0.0628. The van der Waals surface area contributed by atoms with Crippen LogP contribution in [-0.4, -0.2) is 63.3 Å². The summed E-state index contributed by atoms with van der Waals surface area (Å²) in [5.41, 5.74) is -0.751. The van der Waals surface area contributed by atoms with Gasteiger partial charge in [0, 0.05) is 20.3 Å². The molecule has 0 heterocycles. The van der Waals surface area contributed by atoms with Crippen molar-refractivity contribution in [2.75, 3.05) is 40.1 Å². The fourth-order valence-corrected chi connectivity index (χ4v) is 6.92. The number of carbonyl (C=O) groups is 1. The van der Waals surface area contributed by atoms with Crippen LogP contribution in [0.5, 0.6) is 0 Å². The number of amides is 1. The molecule has 318 valence electrons. The third kappa shape index (κ3) is 36.7. The van der Waals surface area contributed by atoms with E-state index in [-0.39, 0.29) is 17.6 Å². The molecule has 0 saturated heterocycles. The summed E-state index contributed by atoms with van der Waals surface area (Å²) in [6.07, 6.45) is 39.8. The van der Waals surface area contributed by atoms with Crippen molar-refractivity contribution in [1.82, 2.24) is 5.32 Å². The Morgan fingerprint density at radius 3 is 1.17 bits per heavy atom. The highest BCUT2D eigenvalue weighted by molar-refractivity contribution is 5.77. The Morgan fingerprint density at radius 2 is 0.849 bits per heavy atom. The van der Waals surface area contributed by atoms with E-state index in [1.54, 1.807) is 7.11 Å². The molecule has 0 bridgehead atoms. The van der Waals surface area contributed by atoms with Gasteiger partial charge in [-0.2, -0.15) is 0 Å². The van der Waals surface area contributed by atoms with E-state index in [2.05, 4.69) is 39.9 Å². The highest BCUT2D eigenvalue weighted by Gasteiger charge is 2.29. The largest absolute Gasteiger partial charge is 0.379 e. The second kappa shape index (κ2) is 38.2. The molecule has 1 amide bonds. The van der Waals surface area contributed by atoms with Crippen molar-refractivity contribution in [3.63, 3.8) is 0 Å². The second-order valence-corrected chi connectivity index (χ2v) is 17.1. The van der Waals surface area contributed by atoms with Gasteiger partial charge in [-0.25, -0.2) is 0 Å². The zero-order valence-electron chi connectivity index (χ0n) is 37.1. The Kier molecular flexibility index (Phi) is 37.7. The summed E-state index contributed by atoms with van der Waals surface area (Å²) >= 11 is 0. The maximum Gasteiger partial charge on any atom is 0.223 e. The number of rotatable bonds is 43. The molecular weight excluding hydrogens is 659 g/mol. The first-order valence-corrected chi connectivity index (χ1v) is 23.4. The number of nitrogens with one attached hydrogen (secondary N) is 1. The molecule has 0 aliphatic rings. The third-order valence-electron chi connectivity index (χ3n) is 11.3. The van der Waals surface area contributed by atoms with Gasteiger partial charge in [0.05, 0.1) is 43.5 Å². The minimum absolute atomic E-state index is 0.00513. The molecule has 0 rings (SSSR count). The van der Waals surface area contributed by atoms with Crippen LogP contribution in [0.3, 0.4) is 0 Å². The normalized spacial score (nSPS) is 13.2. The Balaban J connectivity index is 4.36. The van der Waals surface area contributed by atoms with Gasteiger partial charge in [0.25, 0.3) is 0 Å². The maximum absolute atomic E-state index is 13.3. The lowest BCUT2D eigenvalue weighted by Gasteiger charge is -2.31. The van der Waals surface area contributed by atoms with Crippen molar-refractivity contribution in [1.29, 1.82) is 0 Å². The van der Waals surface area contributed by atoms with Gasteiger partial charge in [-0.05, 0) is 46.5 Å². The van der Waals surface area contributed by atoms with E-state index in [1.807, 2.05) is 6.92 Å². The van der Waals surface area contributed by atoms with Gasteiger partial charge in [-0.15, -0.1) is 0 Å². The lowest BCUT2D eigenvalue weighted by Crippen LogP contribution is -2.45. The SMILES string of the molecule is CCCCCCCCCCCCCCCCOCC(COCCCCCCCCCCCCCCCC)NC(=O)CC(C)(CC)OCCC(C)(C)OC. The lowest BCUT2D eigenvalue weighted by molar-refractivity contribution is -0.131. The van der Waals surface area contributed by atoms with Gasteiger partial charge < -0.3 is 24.3 Å². The first-order valence-electron chi connectivity index (χ1n) is 23.4. The zero-order valence-corrected chi connectivity index (χ0v) is 37.1. The van der Waals surface area contributed by atoms with Crippen molar-refractivity contribution in [3.8, 4) is 0 Å². The minimum Gasteiger partial charge on any atom is -0.379 e. The molecule has 53 heavy (non-hydrogen) atoms. The summed E-state index contributed by atoms with van der Waals surface area (Å²) in [5.74, 6) is 0.00513. The smallest absolute Gasteiger partial charge is 0.223 e. The predicted octanol–water partition coefficient (Wildman–Crippen LogP) is 13.9. The molecule has 0 aromatic heterocycles. The van der Waals surface area contributed by atoms with E-state index in [4.69, 9.17) is 18.9 Å². The molecule has 0 saturated carbocycles. The summed E-state index contributed by atoms with van der Waals surface area (Å²) in [6.45, 7) is 15.9. The molecule has 0 radical (unpaired) electrons. The highest BCUT2D eigenvalue weighted by Crippen LogP contribution is 2.23. The third-order valence-corrected chi connectivity index (χ3v) is 11.3. The molecule has 1 unspecified atom stereocenters. The van der Waals surface area contributed by atoms with Crippen LogP contribution < -0.4 is 5.32 Å². The van der Waals surface area contributed by atoms with Crippen LogP contribution >= 0.6 is 0 Å². The summed E-state index contributed by atoms with van der Waals surface area (Å²) < 4.78 is 24.0. The van der Waals surface area contributed by atoms with Crippen molar-refractivity contribution in [2.45, 2.75) is 258 Å². The van der Waals surface area contributed by atoms with Crippen LogP contribution in [0, 0.1) is 0 Å². The van der Waals surface area contributed by atoms with Crippen LogP contribution in [-0.2, 0) is 23.7 Å². The molecule has 0 aliphatic heterocycles. The lowest BCUT2D eigenvalue weighted by atomic mass is 9.97. The zero-order chi connectivity index (χ0) is 39.1. The monoisotopic (exact) mass is 754 g/mol. The van der Waals surface area contributed by atoms with E-state index < -0.39 is 5.60 Å². The van der Waals surface area contributed by atoms with Gasteiger partial charge in [0.15, 0.2) is 0 Å². The first kappa shape index (κ1) is 52.3. The van der Waals surface area contributed by atoms with Crippen molar-refractivity contribution < 1.29 is 23.7 Å². The molecule has 6 nitrogen and oxygen atoms in total. The number of carbonyl (C=O) groups excluding carboxylic acids is 1. The molecule has 0 aromatic rings. The van der Waals surface area contributed by atoms with E-state index in [9.17, 15) is 4.79 Å². The molecule has 1 N–H and O–H groups in total. The molecule has 1 atom stereocenters. The fourth-order valence-electron chi connectivity index (χ4n) is 6.92. The number of unbranched alkanes of at least 4 members (excludes halogenated alkanes) is 26. The molecular formula is C47H95NO5. The van der Waals surface area contributed by atoms with Gasteiger partial charge >= 0.3 is 0 Å². The predicted molar refractivity (Wildman–Crippen MR) is 229 cm³/mol. The van der Waals surface area contributed by atoms with Gasteiger partial charge in [-0.3, -0.25) is 4.79 Å². The van der Waals surface area contributed by atoms with E-state index in [0.717, 1.165) is 38.9 Å². The minimum atomic E-state index is -0.511. The Morgan fingerprint density at radius 1 is 0.509 bits per heavy atom. The van der Waals surface area contributed by atoms with E-state index >= 15 is 0 Å². The average Bonchev–Trinajstić information content (AvgIpc) is 3.14. The highest BCUT2D eigenvalue weighted by atomic mass is 16.5. The molecule has 0 spiro atoms. The number of methoxy groups -OCH3 is 1. The number of hydrogen-bond donors (Lipinski definition) is 1. The average molecular weight is 754 g/mol. The number of ether oxygens (including phenoxy) is 4. The second-order valence-electron chi connectivity index (χ2n) is 17.1. The van der Waals surface area contributed by atoms with Crippen LogP contribution in [0.4, 0.5) is 0 Å². The standard InChI is InChI=1S/C47H95NO5/c1-8-11-13-15-17-19-21-23-25-27-29-31-33-35-38-51-42-44(48-45(49)41-47(6,10-3)53-40-37-46(4,5)50-7)43-52-39-36-34-32-30-28-26-24-22-20-18-16-14-12-9-2/h44H,8-43H2,1-7H3,(H,48,49). The van der Waals surface area contributed by atoms with Gasteiger partial charge in [-0.1, -0.05) is 188 Å². The Labute approximate surface area is 332 Å². The van der Waals surface area contributed by atoms with Crippen LogP contribution in [0.25, 0.3) is 0 Å². The Hall–Kier alpha value is -0.690. The van der Waals surface area contributed by atoms with E-state index in [0.29, 0.717) is 26.2 Å². The molecule has 6 heteroatoms. The topological polar surface area (TPSA) is 66.0 Å². The first-order chi connectivity index (χ1) is 25.7. The summed E-state index contributed by atoms with van der Waals surface area (Å²) in [6, 6.07) is -0.144. The fraction of sp³-hybridized carbons (Fsp3) is 0.979. The summed E-state index contributed by atoms with van der Waals surface area (Å²) in [4.78, 5) is 13.3.